The summed E-state index contributed by atoms with van der Waals surface area (Å²) in [5.74, 6) is 0.780. The maximum atomic E-state index is 6.20. The molecule has 1 aromatic heterocycles. The van der Waals surface area contributed by atoms with Crippen molar-refractivity contribution in [3.8, 4) is 5.75 Å². The molecule has 1 aliphatic heterocycles. The van der Waals surface area contributed by atoms with Gasteiger partial charge in [0.1, 0.15) is 5.75 Å². The number of piperidine rings is 1. The van der Waals surface area contributed by atoms with Gasteiger partial charge in [0, 0.05) is 31.1 Å². The minimum absolute atomic E-state index is 0.489. The second kappa shape index (κ2) is 8.80. The topological polar surface area (TPSA) is 37.4 Å². The monoisotopic (exact) mass is 395 g/mol. The van der Waals surface area contributed by atoms with Crippen molar-refractivity contribution in [2.75, 3.05) is 25.0 Å². The lowest BCUT2D eigenvalue weighted by Crippen LogP contribution is -2.38. The molecule has 28 heavy (non-hydrogen) atoms. The molecule has 0 spiro atoms. The van der Waals surface area contributed by atoms with Gasteiger partial charge in [-0.15, -0.1) is 0 Å². The Morgan fingerprint density at radius 3 is 2.79 bits per heavy atom. The largest absolute Gasteiger partial charge is 0.492 e. The predicted molar refractivity (Wildman–Crippen MR) is 116 cm³/mol. The van der Waals surface area contributed by atoms with E-state index in [1.165, 1.54) is 10.9 Å². The minimum Gasteiger partial charge on any atom is -0.492 e. The number of para-hydroxylation sites is 1. The molecule has 0 aliphatic carbocycles. The molecule has 0 bridgehead atoms. The van der Waals surface area contributed by atoms with Crippen molar-refractivity contribution in [3.05, 3.63) is 65.3 Å². The van der Waals surface area contributed by atoms with Gasteiger partial charge in [-0.05, 0) is 49.6 Å². The number of rotatable bonds is 6. The lowest BCUT2D eigenvalue weighted by Gasteiger charge is -2.33. The fraction of sp³-hybridized carbons (Fsp3) is 0.348. The summed E-state index contributed by atoms with van der Waals surface area (Å²) < 4.78 is 5.61. The molecule has 146 valence electrons. The summed E-state index contributed by atoms with van der Waals surface area (Å²) in [7, 11) is 0. The van der Waals surface area contributed by atoms with Crippen LogP contribution < -0.4 is 10.1 Å². The number of hydrogen-bond donors (Lipinski definition) is 1. The van der Waals surface area contributed by atoms with Crippen LogP contribution in [0.5, 0.6) is 5.75 Å². The van der Waals surface area contributed by atoms with E-state index >= 15 is 0 Å². The Hall–Kier alpha value is -2.30. The maximum absolute atomic E-state index is 6.20. The number of fused-ring (bicyclic) bond motifs is 1. The fourth-order valence-corrected chi connectivity index (χ4v) is 3.96. The quantitative estimate of drug-likeness (QED) is 0.609. The predicted octanol–water partition coefficient (Wildman–Crippen LogP) is 5.36. The SMILES string of the molecule is CCOc1cc(CN2CCC(Nc3cnc4ccccc4c3)CC2)ccc1Cl. The lowest BCUT2D eigenvalue weighted by atomic mass is 10.0. The Morgan fingerprint density at radius 1 is 1.14 bits per heavy atom. The van der Waals surface area contributed by atoms with Crippen molar-refractivity contribution in [3.63, 3.8) is 0 Å². The average Bonchev–Trinajstić information content (AvgIpc) is 2.72. The summed E-state index contributed by atoms with van der Waals surface area (Å²) in [6.07, 6.45) is 4.19. The first-order chi connectivity index (χ1) is 13.7. The van der Waals surface area contributed by atoms with Crippen molar-refractivity contribution in [1.29, 1.82) is 0 Å². The summed E-state index contributed by atoms with van der Waals surface area (Å²) in [5.41, 5.74) is 3.39. The van der Waals surface area contributed by atoms with E-state index in [1.807, 2.05) is 31.3 Å². The number of pyridine rings is 1. The van der Waals surface area contributed by atoms with E-state index < -0.39 is 0 Å². The number of nitrogens with zero attached hydrogens (tertiary/aromatic N) is 2. The van der Waals surface area contributed by atoms with E-state index in [0.717, 1.165) is 49.4 Å². The van der Waals surface area contributed by atoms with Gasteiger partial charge in [-0.3, -0.25) is 9.88 Å². The van der Waals surface area contributed by atoms with Crippen LogP contribution in [0.3, 0.4) is 0 Å². The van der Waals surface area contributed by atoms with Gasteiger partial charge in [-0.2, -0.15) is 0 Å². The minimum atomic E-state index is 0.489. The molecule has 0 atom stereocenters. The van der Waals surface area contributed by atoms with Crippen molar-refractivity contribution in [1.82, 2.24) is 9.88 Å². The molecular formula is C23H26ClN3O. The molecule has 3 aromatic rings. The standard InChI is InChI=1S/C23H26ClN3O/c1-2-28-23-13-17(7-8-21(23)24)16-27-11-9-19(10-12-27)26-20-14-18-5-3-4-6-22(18)25-15-20/h3-8,13-15,19,26H,2,9-12,16H2,1H3. The zero-order valence-electron chi connectivity index (χ0n) is 16.2. The second-order valence-electron chi connectivity index (χ2n) is 7.31. The van der Waals surface area contributed by atoms with Crippen molar-refractivity contribution >= 4 is 28.2 Å². The Labute approximate surface area is 171 Å². The summed E-state index contributed by atoms with van der Waals surface area (Å²) in [6, 6.07) is 17.0. The number of likely N-dealkylation sites (tertiary alicyclic amines) is 1. The molecule has 1 aliphatic rings. The van der Waals surface area contributed by atoms with Crippen LogP contribution >= 0.6 is 11.6 Å². The summed E-state index contributed by atoms with van der Waals surface area (Å²) in [5, 5.41) is 5.52. The fourth-order valence-electron chi connectivity index (χ4n) is 3.79. The van der Waals surface area contributed by atoms with Crippen LogP contribution in [0.25, 0.3) is 10.9 Å². The normalized spacial score (nSPS) is 15.6. The van der Waals surface area contributed by atoms with Crippen LogP contribution in [-0.2, 0) is 6.54 Å². The van der Waals surface area contributed by atoms with Crippen LogP contribution in [-0.4, -0.2) is 35.6 Å². The highest BCUT2D eigenvalue weighted by atomic mass is 35.5. The highest BCUT2D eigenvalue weighted by Crippen LogP contribution is 2.27. The molecule has 0 saturated carbocycles. The number of ether oxygens (including phenoxy) is 1. The van der Waals surface area contributed by atoms with Gasteiger partial charge in [0.2, 0.25) is 0 Å². The average molecular weight is 396 g/mol. The smallest absolute Gasteiger partial charge is 0.138 e. The highest BCUT2D eigenvalue weighted by molar-refractivity contribution is 6.32. The zero-order chi connectivity index (χ0) is 19.3. The van der Waals surface area contributed by atoms with E-state index in [4.69, 9.17) is 16.3 Å². The lowest BCUT2D eigenvalue weighted by molar-refractivity contribution is 0.211. The van der Waals surface area contributed by atoms with E-state index in [2.05, 4.69) is 45.5 Å². The molecule has 5 heteroatoms. The molecule has 1 fully saturated rings. The molecule has 2 heterocycles. The zero-order valence-corrected chi connectivity index (χ0v) is 17.0. The van der Waals surface area contributed by atoms with Crippen molar-refractivity contribution in [2.24, 2.45) is 0 Å². The second-order valence-corrected chi connectivity index (χ2v) is 7.72. The third kappa shape index (κ3) is 4.57. The number of benzene rings is 2. The molecule has 2 aromatic carbocycles. The first-order valence-electron chi connectivity index (χ1n) is 9.96. The molecule has 0 radical (unpaired) electrons. The van der Waals surface area contributed by atoms with Crippen LogP contribution in [0.15, 0.2) is 54.7 Å². The number of halogens is 1. The number of aromatic nitrogens is 1. The Balaban J connectivity index is 1.32. The Morgan fingerprint density at radius 2 is 1.96 bits per heavy atom. The molecule has 0 unspecified atom stereocenters. The van der Waals surface area contributed by atoms with Gasteiger partial charge < -0.3 is 10.1 Å². The number of nitrogens with one attached hydrogen (secondary N) is 1. The first-order valence-corrected chi connectivity index (χ1v) is 10.3. The van der Waals surface area contributed by atoms with Crippen LogP contribution in [0, 0.1) is 0 Å². The summed E-state index contributed by atoms with van der Waals surface area (Å²) in [4.78, 5) is 7.05. The first kappa shape index (κ1) is 19.0. The summed E-state index contributed by atoms with van der Waals surface area (Å²) >= 11 is 6.20. The van der Waals surface area contributed by atoms with Crippen LogP contribution in [0.2, 0.25) is 5.02 Å². The highest BCUT2D eigenvalue weighted by Gasteiger charge is 2.19. The number of anilines is 1. The molecule has 4 nitrogen and oxygen atoms in total. The Bertz CT molecular complexity index is 938. The van der Waals surface area contributed by atoms with Gasteiger partial charge >= 0.3 is 0 Å². The van der Waals surface area contributed by atoms with Crippen LogP contribution in [0.4, 0.5) is 5.69 Å². The summed E-state index contributed by atoms with van der Waals surface area (Å²) in [6.45, 7) is 5.69. The van der Waals surface area contributed by atoms with Gasteiger partial charge in [0.25, 0.3) is 0 Å². The Kier molecular flexibility index (Phi) is 5.98. The number of hydrogen-bond acceptors (Lipinski definition) is 4. The molecule has 1 N–H and O–H groups in total. The molecule has 4 rings (SSSR count). The van der Waals surface area contributed by atoms with Gasteiger partial charge in [0.05, 0.1) is 29.0 Å². The molecular weight excluding hydrogens is 370 g/mol. The van der Waals surface area contributed by atoms with Gasteiger partial charge in [0.15, 0.2) is 0 Å². The van der Waals surface area contributed by atoms with Crippen molar-refractivity contribution < 1.29 is 4.74 Å². The third-order valence-corrected chi connectivity index (χ3v) is 5.56. The van der Waals surface area contributed by atoms with E-state index in [9.17, 15) is 0 Å². The van der Waals surface area contributed by atoms with Gasteiger partial charge in [-0.25, -0.2) is 0 Å². The molecule has 0 amide bonds. The maximum Gasteiger partial charge on any atom is 0.138 e. The van der Waals surface area contributed by atoms with Gasteiger partial charge in [-0.1, -0.05) is 35.9 Å². The van der Waals surface area contributed by atoms with E-state index in [0.29, 0.717) is 17.7 Å². The van der Waals surface area contributed by atoms with Crippen molar-refractivity contribution in [2.45, 2.75) is 32.4 Å². The van der Waals surface area contributed by atoms with E-state index in [-0.39, 0.29) is 0 Å². The van der Waals surface area contributed by atoms with Crippen LogP contribution in [0.1, 0.15) is 25.3 Å². The third-order valence-electron chi connectivity index (χ3n) is 5.25. The molecule has 1 saturated heterocycles. The van der Waals surface area contributed by atoms with E-state index in [1.54, 1.807) is 0 Å².